The molecule has 0 saturated carbocycles. The van der Waals surface area contributed by atoms with Crippen LogP contribution < -0.4 is 0 Å². The van der Waals surface area contributed by atoms with Gasteiger partial charge in [-0.3, -0.25) is 0 Å². The first-order valence-corrected chi connectivity index (χ1v) is 14.5. The molecule has 1 aliphatic rings. The van der Waals surface area contributed by atoms with Crippen LogP contribution >= 0.6 is 17.0 Å². The summed E-state index contributed by atoms with van der Waals surface area (Å²) in [6.07, 6.45) is 2.31. The van der Waals surface area contributed by atoms with Gasteiger partial charge in [0.15, 0.2) is 0 Å². The molecule has 4 rings (SSSR count). The zero-order valence-corrected chi connectivity index (χ0v) is 18.2. The molecular weight excluding hydrogens is 430 g/mol. The predicted octanol–water partition coefficient (Wildman–Crippen LogP) is 6.51. The van der Waals surface area contributed by atoms with Crippen LogP contribution in [0.2, 0.25) is 0 Å². The van der Waals surface area contributed by atoms with Crippen molar-refractivity contribution in [1.82, 2.24) is 0 Å². The van der Waals surface area contributed by atoms with Crippen molar-refractivity contribution in [2.24, 2.45) is 0 Å². The second-order valence-corrected chi connectivity index (χ2v) is 10.0. The van der Waals surface area contributed by atoms with Gasteiger partial charge in [0.2, 0.25) is 0 Å². The summed E-state index contributed by atoms with van der Waals surface area (Å²) in [4.78, 5) is 0. The minimum atomic E-state index is -0.826. The average Bonchev–Trinajstić information content (AvgIpc) is 2.90. The Kier molecular flexibility index (Phi) is 6.16. The Labute approximate surface area is 165 Å². The van der Waals surface area contributed by atoms with E-state index in [-0.39, 0.29) is 0 Å². The van der Waals surface area contributed by atoms with Crippen LogP contribution in [0.25, 0.3) is 28.0 Å². The number of rotatable bonds is 1. The summed E-state index contributed by atoms with van der Waals surface area (Å²) >= 11 is -0.826. The quantitative estimate of drug-likeness (QED) is 0.375. The molecule has 117 valence electrons. The van der Waals surface area contributed by atoms with E-state index in [0.717, 1.165) is 0 Å². The first kappa shape index (κ1) is 18.1. The molecule has 0 bridgehead atoms. The van der Waals surface area contributed by atoms with Crippen LogP contribution in [0.1, 0.15) is 23.6 Å². The van der Waals surface area contributed by atoms with E-state index in [9.17, 15) is 0 Å². The monoisotopic (exact) mass is 443 g/mol. The van der Waals surface area contributed by atoms with Gasteiger partial charge in [-0.05, 0) is 45.5 Å². The summed E-state index contributed by atoms with van der Waals surface area (Å²) in [6.45, 7) is 2.19. The number of hydrogen-bond acceptors (Lipinski definition) is 0. The van der Waals surface area contributed by atoms with E-state index in [4.69, 9.17) is 17.0 Å². The summed E-state index contributed by atoms with van der Waals surface area (Å²) in [5.41, 5.74) is 7.07. The molecule has 0 nitrogen and oxygen atoms in total. The molecule has 0 heterocycles. The van der Waals surface area contributed by atoms with Crippen molar-refractivity contribution in [2.45, 2.75) is 12.5 Å². The molecule has 1 aliphatic carbocycles. The van der Waals surface area contributed by atoms with Crippen molar-refractivity contribution >= 4 is 44.1 Å². The molecule has 4 heteroatoms. The van der Waals surface area contributed by atoms with Crippen LogP contribution in [-0.4, -0.2) is 10.2 Å². The Morgan fingerprint density at radius 1 is 0.875 bits per heavy atom. The molecule has 24 heavy (non-hydrogen) atoms. The molecule has 0 aromatic heterocycles. The topological polar surface area (TPSA) is 0 Å². The van der Waals surface area contributed by atoms with E-state index in [2.05, 4.69) is 83.9 Å². The van der Waals surface area contributed by atoms with Gasteiger partial charge in [-0.25, -0.2) is 0 Å². The maximum atomic E-state index is 4.93. The summed E-state index contributed by atoms with van der Waals surface area (Å²) in [5.74, 6) is 0. The van der Waals surface area contributed by atoms with E-state index in [1.807, 2.05) is 0 Å². The molecule has 1 atom stereocenters. The van der Waals surface area contributed by atoms with Gasteiger partial charge in [0.1, 0.15) is 0 Å². The third-order valence-corrected chi connectivity index (χ3v) is 5.12. The SMILES string of the molecule is CC1=Cc2c(-c3cccc4ccccc34)cccc2C1[Si].[Cl][Zr][Cl]. The van der Waals surface area contributed by atoms with Crippen molar-refractivity contribution < 1.29 is 20.8 Å². The Morgan fingerprint density at radius 2 is 1.50 bits per heavy atom. The number of benzene rings is 3. The summed E-state index contributed by atoms with van der Waals surface area (Å²) in [5, 5.41) is 2.61. The Balaban J connectivity index is 0.000000526. The Hall–Kier alpha value is -0.660. The van der Waals surface area contributed by atoms with Gasteiger partial charge in [-0.15, -0.1) is 0 Å². The molecule has 3 aromatic carbocycles. The predicted molar refractivity (Wildman–Crippen MR) is 103 cm³/mol. The number of allylic oxidation sites excluding steroid dienone is 1. The third-order valence-electron chi connectivity index (χ3n) is 4.36. The second-order valence-electron chi connectivity index (χ2n) is 5.73. The van der Waals surface area contributed by atoms with Gasteiger partial charge < -0.3 is 0 Å². The molecule has 0 spiro atoms. The van der Waals surface area contributed by atoms with Crippen LogP contribution in [0.4, 0.5) is 0 Å². The summed E-state index contributed by atoms with van der Waals surface area (Å²) < 4.78 is 0. The van der Waals surface area contributed by atoms with Gasteiger partial charge in [-0.1, -0.05) is 72.3 Å². The molecule has 0 saturated heterocycles. The van der Waals surface area contributed by atoms with Crippen molar-refractivity contribution in [3.63, 3.8) is 0 Å². The zero-order chi connectivity index (χ0) is 17.1. The first-order chi connectivity index (χ1) is 11.7. The van der Waals surface area contributed by atoms with Gasteiger partial charge >= 0.3 is 37.9 Å². The fourth-order valence-corrected chi connectivity index (χ4v) is 3.58. The van der Waals surface area contributed by atoms with Gasteiger partial charge in [-0.2, -0.15) is 0 Å². The summed E-state index contributed by atoms with van der Waals surface area (Å²) in [6, 6.07) is 21.8. The number of halogens is 2. The van der Waals surface area contributed by atoms with Crippen molar-refractivity contribution in [3.05, 3.63) is 77.4 Å². The van der Waals surface area contributed by atoms with Crippen LogP contribution in [0.3, 0.4) is 0 Å². The van der Waals surface area contributed by atoms with Crippen molar-refractivity contribution in [1.29, 1.82) is 0 Å². The van der Waals surface area contributed by atoms with Gasteiger partial charge in [0, 0.05) is 10.2 Å². The molecule has 3 radical (unpaired) electrons. The van der Waals surface area contributed by atoms with Crippen LogP contribution in [-0.2, 0) is 20.8 Å². The van der Waals surface area contributed by atoms with Gasteiger partial charge in [0.05, 0.1) is 0 Å². The van der Waals surface area contributed by atoms with Crippen LogP contribution in [0.5, 0.6) is 0 Å². The van der Waals surface area contributed by atoms with Crippen LogP contribution in [0.15, 0.2) is 66.2 Å². The third kappa shape index (κ3) is 3.48. The molecule has 0 aliphatic heterocycles. The number of fused-ring (bicyclic) bond motifs is 2. The number of hydrogen-bond donors (Lipinski definition) is 0. The molecule has 0 N–H and O–H groups in total. The van der Waals surface area contributed by atoms with Crippen LogP contribution in [0, 0.1) is 0 Å². The van der Waals surface area contributed by atoms with E-state index in [1.165, 1.54) is 38.6 Å². The van der Waals surface area contributed by atoms with E-state index >= 15 is 0 Å². The molecule has 0 fully saturated rings. The van der Waals surface area contributed by atoms with Gasteiger partial charge in [0.25, 0.3) is 0 Å². The maximum absolute atomic E-state index is 4.93. The normalized spacial score (nSPS) is 15.3. The van der Waals surface area contributed by atoms with E-state index in [1.54, 1.807) is 0 Å². The first-order valence-electron chi connectivity index (χ1n) is 7.64. The van der Waals surface area contributed by atoms with E-state index < -0.39 is 20.8 Å². The fraction of sp³-hybridized carbons (Fsp3) is 0.100. The van der Waals surface area contributed by atoms with Crippen molar-refractivity contribution in [2.75, 3.05) is 0 Å². The Bertz CT molecular complexity index is 900. The fourth-order valence-electron chi connectivity index (χ4n) is 3.25. The minimum absolute atomic E-state index is 0.343. The Morgan fingerprint density at radius 3 is 2.29 bits per heavy atom. The molecular formula is C20H15Cl2SiZr. The average molecular weight is 446 g/mol. The molecule has 0 amide bonds. The molecule has 1 unspecified atom stereocenters. The zero-order valence-electron chi connectivity index (χ0n) is 13.2. The molecule has 3 aromatic rings. The van der Waals surface area contributed by atoms with Crippen molar-refractivity contribution in [3.8, 4) is 11.1 Å². The second kappa shape index (κ2) is 8.15. The summed E-state index contributed by atoms with van der Waals surface area (Å²) in [7, 11) is 13.7. The standard InChI is InChI=1S/C20H15Si.2ClH.Zr/c1-13-12-19-17(10-5-11-18(19)20(13)21)16-9-4-7-14-6-2-3-8-15(14)16;;;/h2-12,20H,1H3;2*1H;/q;;;+2/p-2. The van der Waals surface area contributed by atoms with E-state index in [0.29, 0.717) is 5.54 Å².